The molecule has 0 saturated carbocycles. The highest BCUT2D eigenvalue weighted by molar-refractivity contribution is 7.98. The lowest BCUT2D eigenvalue weighted by atomic mass is 9.96. The summed E-state index contributed by atoms with van der Waals surface area (Å²) >= 11 is 7.50. The molecule has 0 fully saturated rings. The quantitative estimate of drug-likeness (QED) is 0.276. The Kier molecular flexibility index (Phi) is 7.21. The third kappa shape index (κ3) is 5.62. The van der Waals surface area contributed by atoms with Crippen molar-refractivity contribution in [3.05, 3.63) is 45.3 Å². The molecule has 0 atom stereocenters. The molecule has 0 saturated heterocycles. The fourth-order valence-electron chi connectivity index (χ4n) is 2.77. The minimum Gasteiger partial charge on any atom is -0.379 e. The molecule has 0 amide bonds. The minimum atomic E-state index is -0.192. The average Bonchev–Trinajstić information content (AvgIpc) is 3.14. The number of aromatic nitrogens is 4. The fourth-order valence-corrected chi connectivity index (χ4v) is 3.80. The van der Waals surface area contributed by atoms with Gasteiger partial charge in [0.25, 0.3) is 5.56 Å². The van der Waals surface area contributed by atoms with E-state index in [1.165, 1.54) is 11.8 Å². The van der Waals surface area contributed by atoms with Gasteiger partial charge in [-0.3, -0.25) is 9.36 Å². The van der Waals surface area contributed by atoms with Crippen molar-refractivity contribution >= 4 is 34.3 Å². The summed E-state index contributed by atoms with van der Waals surface area (Å²) < 4.78 is 12.7. The van der Waals surface area contributed by atoms with E-state index >= 15 is 0 Å². The molecule has 0 unspecified atom stereocenters. The molecule has 0 N–H and O–H groups in total. The normalized spacial score (nSPS) is 12.2. The zero-order chi connectivity index (χ0) is 21.9. The van der Waals surface area contributed by atoms with Gasteiger partial charge in [0.1, 0.15) is 0 Å². The molecule has 0 aliphatic heterocycles. The zero-order valence-corrected chi connectivity index (χ0v) is 19.5. The highest BCUT2D eigenvalue weighted by Crippen LogP contribution is 2.25. The Hall–Kier alpha value is -1.90. The van der Waals surface area contributed by atoms with Crippen LogP contribution < -0.4 is 5.56 Å². The molecular formula is C21H27ClN4O3S. The van der Waals surface area contributed by atoms with Gasteiger partial charge in [-0.05, 0) is 38.5 Å². The molecule has 2 aromatic heterocycles. The standard InChI is InChI=1S/C21H27ClN4O3S/c1-13(2)28-10-6-9-26-18(27)15-8-7-14(22)11-16(15)23-20(26)30-12-17-24-19(25-29-17)21(3,4)5/h7-8,11,13H,6,9-10,12H2,1-5H3. The largest absolute Gasteiger partial charge is 0.379 e. The molecule has 0 bridgehead atoms. The number of thioether (sulfide) groups is 1. The summed E-state index contributed by atoms with van der Waals surface area (Å²) in [5.74, 6) is 1.57. The number of hydrogen-bond donors (Lipinski definition) is 0. The summed E-state index contributed by atoms with van der Waals surface area (Å²) in [4.78, 5) is 22.3. The lowest BCUT2D eigenvalue weighted by molar-refractivity contribution is 0.0743. The van der Waals surface area contributed by atoms with Gasteiger partial charge in [0.05, 0.1) is 22.8 Å². The van der Waals surface area contributed by atoms with E-state index in [0.29, 0.717) is 58.1 Å². The number of halogens is 1. The summed E-state index contributed by atoms with van der Waals surface area (Å²) in [5.41, 5.74) is 0.290. The average molecular weight is 451 g/mol. The second-order valence-electron chi connectivity index (χ2n) is 8.34. The van der Waals surface area contributed by atoms with Gasteiger partial charge in [-0.1, -0.05) is 49.3 Å². The van der Waals surface area contributed by atoms with Crippen molar-refractivity contribution in [3.63, 3.8) is 0 Å². The molecule has 7 nitrogen and oxygen atoms in total. The van der Waals surface area contributed by atoms with E-state index in [2.05, 4.69) is 10.1 Å². The topological polar surface area (TPSA) is 83.0 Å². The van der Waals surface area contributed by atoms with Gasteiger partial charge in [-0.15, -0.1) is 0 Å². The Labute approximate surface area is 185 Å². The highest BCUT2D eigenvalue weighted by Gasteiger charge is 2.21. The van der Waals surface area contributed by atoms with Crippen LogP contribution in [0.1, 0.15) is 52.8 Å². The van der Waals surface area contributed by atoms with E-state index in [1.54, 1.807) is 22.8 Å². The first kappa shape index (κ1) is 22.8. The van der Waals surface area contributed by atoms with Gasteiger partial charge in [0.2, 0.25) is 5.89 Å². The van der Waals surface area contributed by atoms with Crippen molar-refractivity contribution < 1.29 is 9.26 Å². The zero-order valence-electron chi connectivity index (χ0n) is 17.9. The summed E-state index contributed by atoms with van der Waals surface area (Å²) in [6.45, 7) is 11.2. The molecule has 1 aromatic carbocycles. The summed E-state index contributed by atoms with van der Waals surface area (Å²) in [7, 11) is 0. The third-order valence-corrected chi connectivity index (χ3v) is 5.52. The van der Waals surface area contributed by atoms with E-state index < -0.39 is 0 Å². The number of ether oxygens (including phenoxy) is 1. The summed E-state index contributed by atoms with van der Waals surface area (Å²) in [6, 6.07) is 5.13. The smallest absolute Gasteiger partial charge is 0.262 e. The fraction of sp³-hybridized carbons (Fsp3) is 0.524. The lowest BCUT2D eigenvalue weighted by Gasteiger charge is -2.13. The predicted molar refractivity (Wildman–Crippen MR) is 119 cm³/mol. The van der Waals surface area contributed by atoms with Crippen molar-refractivity contribution in [2.24, 2.45) is 0 Å². The van der Waals surface area contributed by atoms with Crippen molar-refractivity contribution in [3.8, 4) is 0 Å². The molecule has 3 rings (SSSR count). The monoisotopic (exact) mass is 450 g/mol. The van der Waals surface area contributed by atoms with Gasteiger partial charge >= 0.3 is 0 Å². The van der Waals surface area contributed by atoms with E-state index in [9.17, 15) is 4.79 Å². The molecule has 2 heterocycles. The van der Waals surface area contributed by atoms with Gasteiger partial charge in [-0.2, -0.15) is 4.98 Å². The first-order valence-corrected chi connectivity index (χ1v) is 11.3. The van der Waals surface area contributed by atoms with Crippen LogP contribution in [0.15, 0.2) is 32.7 Å². The Morgan fingerprint density at radius 2 is 2.03 bits per heavy atom. The molecule has 0 aliphatic carbocycles. The number of hydrogen-bond acceptors (Lipinski definition) is 7. The number of rotatable bonds is 8. The number of benzene rings is 1. The minimum absolute atomic E-state index is 0.0929. The molecule has 3 aromatic rings. The lowest BCUT2D eigenvalue weighted by Crippen LogP contribution is -2.24. The van der Waals surface area contributed by atoms with Crippen molar-refractivity contribution in [2.45, 2.75) is 70.0 Å². The van der Waals surface area contributed by atoms with Crippen LogP contribution in [0.25, 0.3) is 10.9 Å². The van der Waals surface area contributed by atoms with Gasteiger partial charge in [-0.25, -0.2) is 4.98 Å². The second kappa shape index (κ2) is 9.49. The first-order valence-electron chi connectivity index (χ1n) is 9.92. The van der Waals surface area contributed by atoms with Crippen LogP contribution in [0.2, 0.25) is 5.02 Å². The molecule has 0 aliphatic rings. The Morgan fingerprint density at radius 1 is 1.27 bits per heavy atom. The highest BCUT2D eigenvalue weighted by atomic mass is 35.5. The van der Waals surface area contributed by atoms with Crippen LogP contribution in [-0.2, 0) is 22.4 Å². The van der Waals surface area contributed by atoms with Gasteiger partial charge in [0, 0.05) is 23.6 Å². The van der Waals surface area contributed by atoms with Crippen molar-refractivity contribution in [1.29, 1.82) is 0 Å². The van der Waals surface area contributed by atoms with E-state index in [0.717, 1.165) is 0 Å². The van der Waals surface area contributed by atoms with Crippen molar-refractivity contribution in [1.82, 2.24) is 19.7 Å². The summed E-state index contributed by atoms with van der Waals surface area (Å²) in [6.07, 6.45) is 0.864. The van der Waals surface area contributed by atoms with Crippen LogP contribution in [0.4, 0.5) is 0 Å². The van der Waals surface area contributed by atoms with Crippen LogP contribution in [0, 0.1) is 0 Å². The predicted octanol–water partition coefficient (Wildman–Crippen LogP) is 4.84. The number of nitrogens with zero attached hydrogens (tertiary/aromatic N) is 4. The Morgan fingerprint density at radius 3 is 2.70 bits per heavy atom. The van der Waals surface area contributed by atoms with Crippen LogP contribution in [0.3, 0.4) is 0 Å². The molecule has 162 valence electrons. The Bertz CT molecular complexity index is 1070. The SMILES string of the molecule is CC(C)OCCCn1c(SCc2nc(C(C)(C)C)no2)nc2cc(Cl)ccc2c1=O. The van der Waals surface area contributed by atoms with E-state index in [-0.39, 0.29) is 17.1 Å². The van der Waals surface area contributed by atoms with Gasteiger partial charge in [0.15, 0.2) is 11.0 Å². The van der Waals surface area contributed by atoms with Crippen LogP contribution in [0.5, 0.6) is 0 Å². The maximum absolute atomic E-state index is 13.1. The van der Waals surface area contributed by atoms with E-state index in [4.69, 9.17) is 25.8 Å². The summed E-state index contributed by atoms with van der Waals surface area (Å²) in [5, 5.41) is 5.73. The molecule has 0 radical (unpaired) electrons. The number of fused-ring (bicyclic) bond motifs is 1. The van der Waals surface area contributed by atoms with Crippen LogP contribution >= 0.6 is 23.4 Å². The van der Waals surface area contributed by atoms with E-state index in [1.807, 2.05) is 34.6 Å². The molecule has 0 spiro atoms. The van der Waals surface area contributed by atoms with Gasteiger partial charge < -0.3 is 9.26 Å². The third-order valence-electron chi connectivity index (χ3n) is 4.32. The first-order chi connectivity index (χ1) is 14.1. The molecule has 9 heteroatoms. The maximum atomic E-state index is 13.1. The van der Waals surface area contributed by atoms with Crippen molar-refractivity contribution in [2.75, 3.05) is 6.61 Å². The molecule has 30 heavy (non-hydrogen) atoms. The Balaban J connectivity index is 1.87. The maximum Gasteiger partial charge on any atom is 0.262 e. The second-order valence-corrected chi connectivity index (χ2v) is 9.72. The molecular weight excluding hydrogens is 424 g/mol. The van der Waals surface area contributed by atoms with Crippen LogP contribution in [-0.4, -0.2) is 32.4 Å².